The smallest absolute Gasteiger partial charge is 0.264 e. The molecule has 2 amide bonds. The minimum atomic E-state index is -3.76. The van der Waals surface area contributed by atoms with Gasteiger partial charge in [0.2, 0.25) is 0 Å². The maximum Gasteiger partial charge on any atom is 0.264 e. The average Bonchev–Trinajstić information content (AvgIpc) is 3.23. The van der Waals surface area contributed by atoms with Crippen molar-refractivity contribution in [3.05, 3.63) is 83.9 Å². The standard InChI is InChI=1S/C29H33N3O4S2/c1-3-32(38(35,36)25-18-16-24(37-2)17-19-25)23-14-12-22(13-15-23)28(33)30-27-11-7-6-10-26(27)29(34)31-20-8-4-5-9-21-31/h6-7,10-19H,3-5,8-9,20-21H2,1-2H3,(H,30,33). The molecule has 3 aromatic carbocycles. The van der Waals surface area contributed by atoms with Gasteiger partial charge in [0.15, 0.2) is 0 Å². The molecule has 0 unspecified atom stereocenters. The highest BCUT2D eigenvalue weighted by Gasteiger charge is 2.24. The summed E-state index contributed by atoms with van der Waals surface area (Å²) in [5.74, 6) is -0.446. The van der Waals surface area contributed by atoms with E-state index >= 15 is 0 Å². The van der Waals surface area contributed by atoms with E-state index in [2.05, 4.69) is 5.32 Å². The highest BCUT2D eigenvalue weighted by molar-refractivity contribution is 7.98. The van der Waals surface area contributed by atoms with E-state index in [1.807, 2.05) is 11.2 Å². The zero-order valence-electron chi connectivity index (χ0n) is 21.7. The van der Waals surface area contributed by atoms with Gasteiger partial charge in [-0.3, -0.25) is 13.9 Å². The molecule has 0 radical (unpaired) electrons. The number of anilines is 2. The number of thioether (sulfide) groups is 1. The molecule has 1 N–H and O–H groups in total. The van der Waals surface area contributed by atoms with Crippen molar-refractivity contribution in [2.75, 3.05) is 35.5 Å². The van der Waals surface area contributed by atoms with Crippen LogP contribution in [0.2, 0.25) is 0 Å². The molecular weight excluding hydrogens is 518 g/mol. The number of hydrogen-bond acceptors (Lipinski definition) is 5. The van der Waals surface area contributed by atoms with Crippen molar-refractivity contribution < 1.29 is 18.0 Å². The number of amides is 2. The van der Waals surface area contributed by atoms with Crippen LogP contribution in [0.25, 0.3) is 0 Å². The molecule has 38 heavy (non-hydrogen) atoms. The quantitative estimate of drug-likeness (QED) is 0.353. The van der Waals surface area contributed by atoms with Gasteiger partial charge in [-0.15, -0.1) is 11.8 Å². The van der Waals surface area contributed by atoms with Crippen LogP contribution >= 0.6 is 11.8 Å². The number of benzene rings is 3. The summed E-state index contributed by atoms with van der Waals surface area (Å²) < 4.78 is 27.9. The van der Waals surface area contributed by atoms with E-state index in [4.69, 9.17) is 0 Å². The number of sulfonamides is 1. The lowest BCUT2D eigenvalue weighted by molar-refractivity contribution is 0.0762. The summed E-state index contributed by atoms with van der Waals surface area (Å²) in [5, 5.41) is 2.87. The van der Waals surface area contributed by atoms with Gasteiger partial charge in [-0.2, -0.15) is 0 Å². The highest BCUT2D eigenvalue weighted by atomic mass is 32.2. The summed E-state index contributed by atoms with van der Waals surface area (Å²) in [7, 11) is -3.76. The normalized spacial score (nSPS) is 14.0. The molecular formula is C29H33N3O4S2. The zero-order chi connectivity index (χ0) is 27.1. The van der Waals surface area contributed by atoms with Gasteiger partial charge in [-0.1, -0.05) is 25.0 Å². The van der Waals surface area contributed by atoms with Crippen LogP contribution in [-0.4, -0.2) is 51.0 Å². The molecule has 0 aliphatic carbocycles. The molecule has 0 atom stereocenters. The summed E-state index contributed by atoms with van der Waals surface area (Å²) in [6, 6.07) is 20.3. The van der Waals surface area contributed by atoms with Crippen LogP contribution in [0, 0.1) is 0 Å². The van der Waals surface area contributed by atoms with Crippen LogP contribution in [0.3, 0.4) is 0 Å². The molecule has 7 nitrogen and oxygen atoms in total. The van der Waals surface area contributed by atoms with Gasteiger partial charge < -0.3 is 10.2 Å². The Morgan fingerprint density at radius 3 is 2.13 bits per heavy atom. The summed E-state index contributed by atoms with van der Waals surface area (Å²) >= 11 is 1.55. The third-order valence-corrected chi connectivity index (χ3v) is 9.31. The number of likely N-dealkylation sites (tertiary alicyclic amines) is 1. The predicted octanol–water partition coefficient (Wildman–Crippen LogP) is 5.89. The van der Waals surface area contributed by atoms with Crippen molar-refractivity contribution in [3.8, 4) is 0 Å². The summed E-state index contributed by atoms with van der Waals surface area (Å²) in [6.07, 6.45) is 6.16. The number of nitrogens with zero attached hydrogens (tertiary/aromatic N) is 2. The second-order valence-corrected chi connectivity index (χ2v) is 11.8. The molecule has 1 aliphatic heterocycles. The third kappa shape index (κ3) is 6.22. The maximum absolute atomic E-state index is 13.3. The van der Waals surface area contributed by atoms with Crippen LogP contribution in [0.1, 0.15) is 53.3 Å². The molecule has 1 fully saturated rings. The average molecular weight is 552 g/mol. The second-order valence-electron chi connectivity index (χ2n) is 9.10. The minimum absolute atomic E-state index is 0.0764. The molecule has 9 heteroatoms. The number of carbonyl (C=O) groups excluding carboxylic acids is 2. The lowest BCUT2D eigenvalue weighted by Gasteiger charge is -2.23. The largest absolute Gasteiger partial charge is 0.339 e. The van der Waals surface area contributed by atoms with E-state index in [1.165, 1.54) is 4.31 Å². The van der Waals surface area contributed by atoms with Gasteiger partial charge in [-0.05, 0) is 86.7 Å². The van der Waals surface area contributed by atoms with E-state index in [1.54, 1.807) is 91.5 Å². The molecule has 0 spiro atoms. The Morgan fingerprint density at radius 2 is 1.53 bits per heavy atom. The van der Waals surface area contributed by atoms with Gasteiger partial charge >= 0.3 is 0 Å². The first-order valence-electron chi connectivity index (χ1n) is 12.8. The van der Waals surface area contributed by atoms with Crippen LogP contribution < -0.4 is 9.62 Å². The van der Waals surface area contributed by atoms with Crippen molar-refractivity contribution in [2.24, 2.45) is 0 Å². The molecule has 1 saturated heterocycles. The Labute approximate surface area is 229 Å². The number of nitrogens with one attached hydrogen (secondary N) is 1. The number of rotatable bonds is 8. The number of carbonyl (C=O) groups is 2. The van der Waals surface area contributed by atoms with Crippen LogP contribution in [0.5, 0.6) is 0 Å². The first kappa shape index (κ1) is 27.7. The Morgan fingerprint density at radius 1 is 0.895 bits per heavy atom. The lowest BCUT2D eigenvalue weighted by Crippen LogP contribution is -2.32. The monoisotopic (exact) mass is 551 g/mol. The Kier molecular flexibility index (Phi) is 9.12. The summed E-state index contributed by atoms with van der Waals surface area (Å²) in [6.45, 7) is 3.46. The van der Waals surface area contributed by atoms with Gasteiger partial charge in [-0.25, -0.2) is 8.42 Å². The van der Waals surface area contributed by atoms with Crippen molar-refractivity contribution in [3.63, 3.8) is 0 Å². The van der Waals surface area contributed by atoms with Gasteiger partial charge in [0.1, 0.15) is 0 Å². The van der Waals surface area contributed by atoms with Crippen LogP contribution in [0.4, 0.5) is 11.4 Å². The summed E-state index contributed by atoms with van der Waals surface area (Å²) in [5.41, 5.74) is 1.76. The fourth-order valence-corrected chi connectivity index (χ4v) is 6.44. The van der Waals surface area contributed by atoms with Crippen molar-refractivity contribution in [1.29, 1.82) is 0 Å². The van der Waals surface area contributed by atoms with Crippen LogP contribution in [0.15, 0.2) is 82.6 Å². The predicted molar refractivity (Wildman–Crippen MR) is 154 cm³/mol. The molecule has 3 aromatic rings. The highest BCUT2D eigenvalue weighted by Crippen LogP contribution is 2.26. The topological polar surface area (TPSA) is 86.8 Å². The van der Waals surface area contributed by atoms with Gasteiger partial charge in [0.25, 0.3) is 21.8 Å². The fraction of sp³-hybridized carbons (Fsp3) is 0.310. The lowest BCUT2D eigenvalue weighted by atomic mass is 10.1. The second kappa shape index (κ2) is 12.5. The Hall–Kier alpha value is -3.30. The van der Waals surface area contributed by atoms with E-state index in [-0.39, 0.29) is 23.3 Å². The Bertz CT molecular complexity index is 1370. The fourth-order valence-electron chi connectivity index (χ4n) is 4.56. The number of hydrogen-bond donors (Lipinski definition) is 1. The first-order valence-corrected chi connectivity index (χ1v) is 15.5. The SMILES string of the molecule is CCN(c1ccc(C(=O)Nc2ccccc2C(=O)N2CCCCCC2)cc1)S(=O)(=O)c1ccc(SC)cc1. The molecule has 0 aromatic heterocycles. The molecule has 0 bridgehead atoms. The van der Waals surface area contributed by atoms with E-state index in [9.17, 15) is 18.0 Å². The molecule has 0 saturated carbocycles. The molecule has 4 rings (SSSR count). The molecule has 200 valence electrons. The zero-order valence-corrected chi connectivity index (χ0v) is 23.4. The maximum atomic E-state index is 13.3. The molecule has 1 aliphatic rings. The third-order valence-electron chi connectivity index (χ3n) is 6.65. The van der Waals surface area contributed by atoms with Gasteiger partial charge in [0.05, 0.1) is 21.8 Å². The van der Waals surface area contributed by atoms with Gasteiger partial charge in [0, 0.05) is 30.1 Å². The van der Waals surface area contributed by atoms with E-state index < -0.39 is 10.0 Å². The van der Waals surface area contributed by atoms with E-state index in [0.717, 1.165) is 43.7 Å². The van der Waals surface area contributed by atoms with Crippen molar-refractivity contribution in [1.82, 2.24) is 4.90 Å². The minimum Gasteiger partial charge on any atom is -0.339 e. The van der Waals surface area contributed by atoms with E-state index in [0.29, 0.717) is 22.5 Å². The number of para-hydroxylation sites is 1. The Balaban J connectivity index is 1.51. The molecule has 1 heterocycles. The van der Waals surface area contributed by atoms with Crippen molar-refractivity contribution in [2.45, 2.75) is 42.4 Å². The van der Waals surface area contributed by atoms with Crippen LogP contribution in [-0.2, 0) is 10.0 Å². The first-order chi connectivity index (χ1) is 18.3. The van der Waals surface area contributed by atoms with Crippen molar-refractivity contribution >= 4 is 45.0 Å². The summed E-state index contributed by atoms with van der Waals surface area (Å²) in [4.78, 5) is 29.3.